The normalized spacial score (nSPS) is 20.6. The number of carbonyl (C=O) groups excluding carboxylic acids is 1. The molecule has 6 nitrogen and oxygen atoms in total. The van der Waals surface area contributed by atoms with Crippen molar-refractivity contribution in [3.05, 3.63) is 94.0 Å². The smallest absolute Gasteiger partial charge is 0.368 e. The Labute approximate surface area is 240 Å². The first-order chi connectivity index (χ1) is 18.9. The van der Waals surface area contributed by atoms with Crippen molar-refractivity contribution in [2.24, 2.45) is 5.92 Å². The molecule has 2 heterocycles. The van der Waals surface area contributed by atoms with E-state index in [0.29, 0.717) is 31.9 Å². The number of carbonyl (C=O) groups is 1. The van der Waals surface area contributed by atoms with Crippen LogP contribution in [-0.4, -0.2) is 62.8 Å². The van der Waals surface area contributed by atoms with Crippen LogP contribution in [0.15, 0.2) is 77.7 Å². The monoisotopic (exact) mass is 611 g/mol. The molecule has 3 aromatic rings. The van der Waals surface area contributed by atoms with Crippen LogP contribution in [0.1, 0.15) is 17.0 Å². The lowest BCUT2D eigenvalue weighted by molar-refractivity contribution is -0.137. The van der Waals surface area contributed by atoms with Crippen molar-refractivity contribution < 1.29 is 26.4 Å². The molecule has 2 unspecified atom stereocenters. The second kappa shape index (κ2) is 11.2. The van der Waals surface area contributed by atoms with E-state index in [1.54, 1.807) is 11.0 Å². The fourth-order valence-corrected chi connectivity index (χ4v) is 7.59. The molecule has 0 spiro atoms. The zero-order valence-electron chi connectivity index (χ0n) is 21.2. The number of halogens is 5. The Morgan fingerprint density at radius 2 is 1.55 bits per heavy atom. The van der Waals surface area contributed by atoms with Crippen molar-refractivity contribution in [2.75, 3.05) is 44.2 Å². The predicted octanol–water partition coefficient (Wildman–Crippen LogP) is 5.77. The number of amides is 1. The van der Waals surface area contributed by atoms with Gasteiger partial charge in [-0.05, 0) is 42.0 Å². The predicted molar refractivity (Wildman–Crippen MR) is 148 cm³/mol. The summed E-state index contributed by atoms with van der Waals surface area (Å²) in [4.78, 5) is 17.2. The van der Waals surface area contributed by atoms with Crippen LogP contribution < -0.4 is 4.90 Å². The van der Waals surface area contributed by atoms with E-state index in [4.69, 9.17) is 23.2 Å². The summed E-state index contributed by atoms with van der Waals surface area (Å²) in [5.41, 5.74) is 0.570. The molecule has 212 valence electrons. The molecule has 12 heteroatoms. The third-order valence-electron chi connectivity index (χ3n) is 7.47. The van der Waals surface area contributed by atoms with E-state index in [9.17, 15) is 26.4 Å². The van der Waals surface area contributed by atoms with Gasteiger partial charge in [-0.15, -0.1) is 0 Å². The van der Waals surface area contributed by atoms with Gasteiger partial charge in [0.1, 0.15) is 4.90 Å². The van der Waals surface area contributed by atoms with Crippen molar-refractivity contribution >= 4 is 44.8 Å². The lowest BCUT2D eigenvalue weighted by Crippen LogP contribution is -2.51. The van der Waals surface area contributed by atoms with Crippen molar-refractivity contribution in [1.29, 1.82) is 0 Å². The number of benzene rings is 3. The second-order valence-electron chi connectivity index (χ2n) is 9.88. The summed E-state index contributed by atoms with van der Waals surface area (Å²) >= 11 is 12.3. The summed E-state index contributed by atoms with van der Waals surface area (Å²) in [7, 11) is -4.04. The number of hydrogen-bond donors (Lipinski definition) is 0. The van der Waals surface area contributed by atoms with Crippen molar-refractivity contribution in [1.82, 2.24) is 9.21 Å². The first-order valence-electron chi connectivity index (χ1n) is 12.7. The van der Waals surface area contributed by atoms with E-state index in [2.05, 4.69) is 0 Å². The Kier molecular flexibility index (Phi) is 8.07. The maximum absolute atomic E-state index is 13.8. The highest BCUT2D eigenvalue weighted by Crippen LogP contribution is 2.39. The zero-order valence-corrected chi connectivity index (χ0v) is 23.5. The van der Waals surface area contributed by atoms with E-state index in [1.165, 1.54) is 28.6 Å². The van der Waals surface area contributed by atoms with Gasteiger partial charge in [0.15, 0.2) is 0 Å². The van der Waals surface area contributed by atoms with Gasteiger partial charge in [0.2, 0.25) is 15.9 Å². The van der Waals surface area contributed by atoms with Crippen LogP contribution in [0.3, 0.4) is 0 Å². The molecule has 0 N–H and O–H groups in total. The van der Waals surface area contributed by atoms with E-state index in [1.807, 2.05) is 35.2 Å². The fourth-order valence-electron chi connectivity index (χ4n) is 5.36. The lowest BCUT2D eigenvalue weighted by Gasteiger charge is -2.38. The van der Waals surface area contributed by atoms with Crippen LogP contribution in [-0.2, 0) is 21.0 Å². The zero-order chi connectivity index (χ0) is 28.7. The van der Waals surface area contributed by atoms with Crippen molar-refractivity contribution in [3.8, 4) is 0 Å². The molecule has 1 amide bonds. The third kappa shape index (κ3) is 5.81. The van der Waals surface area contributed by atoms with Crippen LogP contribution in [0.5, 0.6) is 0 Å². The average molecular weight is 613 g/mol. The van der Waals surface area contributed by atoms with E-state index in [-0.39, 0.29) is 39.9 Å². The molecule has 2 aliphatic rings. The molecular formula is C28H26Cl2F3N3O3S. The average Bonchev–Trinajstić information content (AvgIpc) is 3.41. The molecule has 2 atom stereocenters. The highest BCUT2D eigenvalue weighted by molar-refractivity contribution is 7.89. The summed E-state index contributed by atoms with van der Waals surface area (Å²) in [6.45, 7) is 1.39. The summed E-state index contributed by atoms with van der Waals surface area (Å²) in [5.74, 6) is -1.22. The van der Waals surface area contributed by atoms with Crippen LogP contribution in [0.2, 0.25) is 10.0 Å². The van der Waals surface area contributed by atoms with Crippen LogP contribution in [0.4, 0.5) is 18.9 Å². The number of piperazine rings is 1. The van der Waals surface area contributed by atoms with Gasteiger partial charge in [-0.3, -0.25) is 4.79 Å². The molecule has 2 fully saturated rings. The van der Waals surface area contributed by atoms with Gasteiger partial charge < -0.3 is 9.80 Å². The number of sulfonamides is 1. The van der Waals surface area contributed by atoms with Crippen LogP contribution >= 0.6 is 23.2 Å². The van der Waals surface area contributed by atoms with E-state index >= 15 is 0 Å². The number of rotatable bonds is 5. The summed E-state index contributed by atoms with van der Waals surface area (Å²) in [5, 5.41) is 0.272. The maximum Gasteiger partial charge on any atom is 0.416 e. The number of nitrogens with zero attached hydrogens (tertiary/aromatic N) is 3. The topological polar surface area (TPSA) is 60.9 Å². The largest absolute Gasteiger partial charge is 0.416 e. The molecule has 2 aliphatic heterocycles. The molecule has 0 radical (unpaired) electrons. The van der Waals surface area contributed by atoms with Gasteiger partial charge in [-0.25, -0.2) is 8.42 Å². The molecule has 0 aromatic heterocycles. The highest BCUT2D eigenvalue weighted by Gasteiger charge is 2.45. The Morgan fingerprint density at radius 3 is 2.23 bits per heavy atom. The quantitative estimate of drug-likeness (QED) is 0.368. The van der Waals surface area contributed by atoms with Gasteiger partial charge >= 0.3 is 6.18 Å². The Morgan fingerprint density at radius 1 is 0.850 bits per heavy atom. The van der Waals surface area contributed by atoms with Gasteiger partial charge in [-0.2, -0.15) is 17.5 Å². The minimum Gasteiger partial charge on any atom is -0.368 e. The maximum atomic E-state index is 13.8. The molecule has 0 bridgehead atoms. The SMILES string of the molecule is O=C(C1CN(S(=O)(=O)c2cc(Cl)ccc2Cl)CC1c1ccccc1)N1CCN(c2cccc(C(F)(F)F)c2)CC1. The molecular weight excluding hydrogens is 586 g/mol. The Balaban J connectivity index is 1.35. The molecule has 3 aromatic carbocycles. The third-order valence-corrected chi connectivity index (χ3v) is 10.0. The molecule has 0 saturated carbocycles. The molecule has 40 heavy (non-hydrogen) atoms. The van der Waals surface area contributed by atoms with Crippen LogP contribution in [0.25, 0.3) is 0 Å². The summed E-state index contributed by atoms with van der Waals surface area (Å²) in [6.07, 6.45) is -4.44. The summed E-state index contributed by atoms with van der Waals surface area (Å²) in [6, 6.07) is 18.7. The van der Waals surface area contributed by atoms with Gasteiger partial charge in [0, 0.05) is 55.9 Å². The number of alkyl halides is 3. The first-order valence-corrected chi connectivity index (χ1v) is 14.9. The molecule has 2 saturated heterocycles. The summed E-state index contributed by atoms with van der Waals surface area (Å²) < 4.78 is 68.0. The number of hydrogen-bond acceptors (Lipinski definition) is 4. The van der Waals surface area contributed by atoms with Crippen LogP contribution in [0, 0.1) is 5.92 Å². The van der Waals surface area contributed by atoms with Gasteiger partial charge in [0.05, 0.1) is 16.5 Å². The van der Waals surface area contributed by atoms with E-state index in [0.717, 1.165) is 17.7 Å². The minimum absolute atomic E-state index is 0.0303. The van der Waals surface area contributed by atoms with Crippen molar-refractivity contribution in [3.63, 3.8) is 0 Å². The number of anilines is 1. The lowest BCUT2D eigenvalue weighted by atomic mass is 9.88. The molecule has 5 rings (SSSR count). The minimum atomic E-state index is -4.44. The van der Waals surface area contributed by atoms with Gasteiger partial charge in [-0.1, -0.05) is 59.6 Å². The van der Waals surface area contributed by atoms with Crippen molar-refractivity contribution in [2.45, 2.75) is 17.0 Å². The standard InChI is InChI=1S/C28H26Cl2F3N3O3S/c29-21-9-10-25(30)26(16-21)40(38,39)36-17-23(19-5-2-1-3-6-19)24(18-36)27(37)35-13-11-34(12-14-35)22-8-4-7-20(15-22)28(31,32)33/h1-10,15-16,23-24H,11-14,17-18H2. The Bertz CT molecular complexity index is 1500. The van der Waals surface area contributed by atoms with Gasteiger partial charge in [0.25, 0.3) is 0 Å². The second-order valence-corrected chi connectivity index (χ2v) is 12.6. The Hall–Kier alpha value is -2.79. The first kappa shape index (κ1) is 28.7. The van der Waals surface area contributed by atoms with E-state index < -0.39 is 27.7 Å². The fraction of sp³-hybridized carbons (Fsp3) is 0.321. The molecule has 0 aliphatic carbocycles. The highest BCUT2D eigenvalue weighted by atomic mass is 35.5.